The van der Waals surface area contributed by atoms with Gasteiger partial charge in [-0.1, -0.05) is 6.07 Å². The van der Waals surface area contributed by atoms with Gasteiger partial charge in [0.2, 0.25) is 5.95 Å². The summed E-state index contributed by atoms with van der Waals surface area (Å²) in [6.07, 6.45) is 8.12. The SMILES string of the molecule is N#Cc1cccc(C(=O)Nc2nc3cc(C(=O)N4CCCCC4)cnc3n2Cc2ccncc2)c1. The van der Waals surface area contributed by atoms with Gasteiger partial charge in [0, 0.05) is 37.2 Å². The summed E-state index contributed by atoms with van der Waals surface area (Å²) in [5.74, 6) is -0.140. The maximum Gasteiger partial charge on any atom is 0.258 e. The molecule has 4 heterocycles. The Kier molecular flexibility index (Phi) is 6.18. The number of nitrogens with zero attached hydrogens (tertiary/aromatic N) is 6. The van der Waals surface area contributed by atoms with Crippen molar-refractivity contribution in [3.8, 4) is 6.07 Å². The van der Waals surface area contributed by atoms with Crippen molar-refractivity contribution in [1.29, 1.82) is 5.26 Å². The van der Waals surface area contributed by atoms with Gasteiger partial charge in [0.1, 0.15) is 5.52 Å². The number of piperidine rings is 1. The highest BCUT2D eigenvalue weighted by Crippen LogP contribution is 2.23. The third kappa shape index (κ3) is 4.73. The maximum atomic E-state index is 13.0. The van der Waals surface area contributed by atoms with Crippen molar-refractivity contribution in [3.63, 3.8) is 0 Å². The molecule has 4 aromatic rings. The molecule has 1 saturated heterocycles. The maximum absolute atomic E-state index is 13.0. The fourth-order valence-electron chi connectivity index (χ4n) is 4.23. The summed E-state index contributed by atoms with van der Waals surface area (Å²) in [4.78, 5) is 41.1. The van der Waals surface area contributed by atoms with E-state index < -0.39 is 5.91 Å². The zero-order valence-corrected chi connectivity index (χ0v) is 19.0. The standard InChI is InChI=1S/C26H23N7O2/c27-15-19-5-4-6-20(13-19)24(34)31-26-30-22-14-21(25(35)32-11-2-1-3-12-32)16-29-23(22)33(26)17-18-7-9-28-10-8-18/h4-10,13-14,16H,1-3,11-12,17H2,(H,30,31,34). The number of anilines is 1. The van der Waals surface area contributed by atoms with E-state index in [9.17, 15) is 9.59 Å². The van der Waals surface area contributed by atoms with Gasteiger partial charge < -0.3 is 4.90 Å². The van der Waals surface area contributed by atoms with Crippen LogP contribution in [0.15, 0.2) is 61.1 Å². The molecule has 0 unspecified atom stereocenters. The average molecular weight is 466 g/mol. The zero-order chi connectivity index (χ0) is 24.2. The zero-order valence-electron chi connectivity index (χ0n) is 19.0. The van der Waals surface area contributed by atoms with Gasteiger partial charge in [-0.05, 0) is 61.2 Å². The van der Waals surface area contributed by atoms with Crippen LogP contribution in [0.3, 0.4) is 0 Å². The van der Waals surface area contributed by atoms with Crippen LogP contribution in [0, 0.1) is 11.3 Å². The van der Waals surface area contributed by atoms with E-state index in [2.05, 4.69) is 20.3 Å². The lowest BCUT2D eigenvalue weighted by atomic mass is 10.1. The van der Waals surface area contributed by atoms with E-state index >= 15 is 0 Å². The third-order valence-electron chi connectivity index (χ3n) is 6.04. The lowest BCUT2D eigenvalue weighted by Gasteiger charge is -2.26. The van der Waals surface area contributed by atoms with Crippen molar-refractivity contribution >= 4 is 28.9 Å². The number of carbonyl (C=O) groups excluding carboxylic acids is 2. The lowest BCUT2D eigenvalue weighted by molar-refractivity contribution is 0.0724. The van der Waals surface area contributed by atoms with Crippen molar-refractivity contribution in [2.45, 2.75) is 25.8 Å². The number of fused-ring (bicyclic) bond motifs is 1. The van der Waals surface area contributed by atoms with Crippen molar-refractivity contribution in [2.75, 3.05) is 18.4 Å². The monoisotopic (exact) mass is 465 g/mol. The summed E-state index contributed by atoms with van der Waals surface area (Å²) in [6.45, 7) is 1.89. The van der Waals surface area contributed by atoms with Crippen LogP contribution in [0.1, 0.15) is 51.1 Å². The number of hydrogen-bond donors (Lipinski definition) is 1. The minimum atomic E-state index is -0.391. The molecule has 1 aromatic carbocycles. The van der Waals surface area contributed by atoms with Gasteiger partial charge in [0.15, 0.2) is 5.65 Å². The van der Waals surface area contributed by atoms with E-state index in [1.54, 1.807) is 47.4 Å². The molecule has 0 saturated carbocycles. The topological polar surface area (TPSA) is 117 Å². The molecule has 174 valence electrons. The number of pyridine rings is 2. The van der Waals surface area contributed by atoms with Gasteiger partial charge in [-0.15, -0.1) is 0 Å². The molecule has 9 heteroatoms. The summed E-state index contributed by atoms with van der Waals surface area (Å²) in [5, 5.41) is 12.0. The van der Waals surface area contributed by atoms with Gasteiger partial charge in [-0.2, -0.15) is 5.26 Å². The largest absolute Gasteiger partial charge is 0.339 e. The molecule has 35 heavy (non-hydrogen) atoms. The van der Waals surface area contributed by atoms with Crippen molar-refractivity contribution < 1.29 is 9.59 Å². The first kappa shape index (κ1) is 22.2. The number of amides is 2. The molecule has 0 aliphatic carbocycles. The highest BCUT2D eigenvalue weighted by molar-refractivity contribution is 6.04. The smallest absolute Gasteiger partial charge is 0.258 e. The number of hydrogen-bond acceptors (Lipinski definition) is 6. The molecule has 3 aromatic heterocycles. The Labute approximate surface area is 202 Å². The minimum Gasteiger partial charge on any atom is -0.339 e. The number of nitriles is 1. The minimum absolute atomic E-state index is 0.0540. The number of aromatic nitrogens is 4. The fourth-order valence-corrected chi connectivity index (χ4v) is 4.23. The van der Waals surface area contributed by atoms with Gasteiger partial charge in [-0.3, -0.25) is 24.5 Å². The first-order valence-corrected chi connectivity index (χ1v) is 11.5. The van der Waals surface area contributed by atoms with Crippen molar-refractivity contribution in [2.24, 2.45) is 0 Å². The van der Waals surface area contributed by atoms with E-state index in [1.165, 1.54) is 6.07 Å². The van der Waals surface area contributed by atoms with Crippen molar-refractivity contribution in [3.05, 3.63) is 83.3 Å². The molecule has 5 rings (SSSR count). The Morgan fingerprint density at radius 2 is 1.83 bits per heavy atom. The van der Waals surface area contributed by atoms with Crippen LogP contribution in [0.2, 0.25) is 0 Å². The van der Waals surface area contributed by atoms with E-state index in [1.807, 2.05) is 23.1 Å². The molecule has 0 bridgehead atoms. The fraction of sp³-hybridized carbons (Fsp3) is 0.231. The Bertz CT molecular complexity index is 1430. The van der Waals surface area contributed by atoms with Gasteiger partial charge in [0.05, 0.1) is 23.7 Å². The molecule has 0 spiro atoms. The quantitative estimate of drug-likeness (QED) is 0.481. The van der Waals surface area contributed by atoms with Crippen LogP contribution in [-0.2, 0) is 6.54 Å². The predicted octanol–water partition coefficient (Wildman–Crippen LogP) is 3.62. The second-order valence-electron chi connectivity index (χ2n) is 8.44. The summed E-state index contributed by atoms with van der Waals surface area (Å²) in [6, 6.07) is 14.0. The molecular formula is C26H23N7O2. The van der Waals surface area contributed by atoms with E-state index in [0.717, 1.165) is 37.9 Å². The molecule has 1 aliphatic heterocycles. The van der Waals surface area contributed by atoms with Crippen LogP contribution in [0.5, 0.6) is 0 Å². The molecule has 0 atom stereocenters. The molecule has 2 amide bonds. The Hall–Kier alpha value is -4.58. The van der Waals surface area contributed by atoms with E-state index in [4.69, 9.17) is 5.26 Å². The van der Waals surface area contributed by atoms with Crippen LogP contribution in [0.25, 0.3) is 11.2 Å². The van der Waals surface area contributed by atoms with E-state index in [-0.39, 0.29) is 5.91 Å². The number of benzene rings is 1. The summed E-state index contributed by atoms with van der Waals surface area (Å²) in [5.41, 5.74) is 3.25. The first-order valence-electron chi connectivity index (χ1n) is 11.5. The third-order valence-corrected chi connectivity index (χ3v) is 6.04. The molecule has 1 fully saturated rings. The normalized spacial score (nSPS) is 13.4. The van der Waals surface area contributed by atoms with Crippen LogP contribution >= 0.6 is 0 Å². The number of imidazole rings is 1. The first-order chi connectivity index (χ1) is 17.1. The molecule has 9 nitrogen and oxygen atoms in total. The Balaban J connectivity index is 1.51. The summed E-state index contributed by atoms with van der Waals surface area (Å²) in [7, 11) is 0. The summed E-state index contributed by atoms with van der Waals surface area (Å²) < 4.78 is 1.80. The Morgan fingerprint density at radius 1 is 1.03 bits per heavy atom. The summed E-state index contributed by atoms with van der Waals surface area (Å²) >= 11 is 0. The number of rotatable bonds is 5. The van der Waals surface area contributed by atoms with Crippen LogP contribution in [-0.4, -0.2) is 49.3 Å². The van der Waals surface area contributed by atoms with Crippen molar-refractivity contribution in [1.82, 2.24) is 24.4 Å². The van der Waals surface area contributed by atoms with Crippen LogP contribution < -0.4 is 5.32 Å². The van der Waals surface area contributed by atoms with E-state index in [0.29, 0.717) is 40.3 Å². The van der Waals surface area contributed by atoms with Crippen LogP contribution in [0.4, 0.5) is 5.95 Å². The molecule has 1 aliphatic rings. The second-order valence-corrected chi connectivity index (χ2v) is 8.44. The highest BCUT2D eigenvalue weighted by Gasteiger charge is 2.21. The molecule has 1 N–H and O–H groups in total. The van der Waals surface area contributed by atoms with Gasteiger partial charge in [0.25, 0.3) is 11.8 Å². The lowest BCUT2D eigenvalue weighted by Crippen LogP contribution is -2.35. The van der Waals surface area contributed by atoms with Gasteiger partial charge >= 0.3 is 0 Å². The average Bonchev–Trinajstić information content (AvgIpc) is 3.25. The molecule has 0 radical (unpaired) electrons. The van der Waals surface area contributed by atoms with Gasteiger partial charge in [-0.25, -0.2) is 9.97 Å². The molecular weight excluding hydrogens is 442 g/mol. The number of nitrogens with one attached hydrogen (secondary N) is 1. The second kappa shape index (κ2) is 9.73. The predicted molar refractivity (Wildman–Crippen MR) is 130 cm³/mol. The Morgan fingerprint density at radius 3 is 2.60 bits per heavy atom. The number of likely N-dealkylation sites (tertiary alicyclic amines) is 1. The number of carbonyl (C=O) groups is 2. The highest BCUT2D eigenvalue weighted by atomic mass is 16.2.